The number of nitrogens with zero attached hydrogens (tertiary/aromatic N) is 1. The molecule has 0 spiro atoms. The molecule has 0 bridgehead atoms. The number of hydrogen-bond donors (Lipinski definition) is 0. The molecule has 0 fully saturated rings. The van der Waals surface area contributed by atoms with E-state index in [0.29, 0.717) is 19.8 Å². The minimum atomic E-state index is -0.841. The molecule has 17 heavy (non-hydrogen) atoms. The van der Waals surface area contributed by atoms with E-state index in [1.807, 2.05) is 0 Å². The van der Waals surface area contributed by atoms with Crippen molar-refractivity contribution >= 4 is 11.9 Å². The van der Waals surface area contributed by atoms with Crippen molar-refractivity contribution in [2.45, 2.75) is 19.9 Å². The Balaban J connectivity index is 4.54. The molecule has 0 aromatic carbocycles. The average Bonchev–Trinajstić information content (AvgIpc) is 2.30. The molecule has 0 saturated heterocycles. The van der Waals surface area contributed by atoms with Gasteiger partial charge in [0.1, 0.15) is 0 Å². The van der Waals surface area contributed by atoms with E-state index < -0.39 is 11.9 Å². The summed E-state index contributed by atoms with van der Waals surface area (Å²) in [6.45, 7) is 4.69. The Morgan fingerprint density at radius 3 is 2.35 bits per heavy atom. The summed E-state index contributed by atoms with van der Waals surface area (Å²) in [6, 6.07) is -0.202. The summed E-state index contributed by atoms with van der Waals surface area (Å²) in [4.78, 5) is 24.6. The maximum atomic E-state index is 11.8. The lowest BCUT2D eigenvalue weighted by Gasteiger charge is -2.27. The smallest absolute Gasteiger partial charge is 0.397 e. The molecular formula is C11H21NO5. The van der Waals surface area contributed by atoms with Crippen LogP contribution in [-0.2, 0) is 23.8 Å². The Labute approximate surface area is 102 Å². The zero-order valence-corrected chi connectivity index (χ0v) is 10.9. The minimum absolute atomic E-state index is 0.182. The molecule has 6 heteroatoms. The fourth-order valence-electron chi connectivity index (χ4n) is 1.35. The Hall–Kier alpha value is -1.14. The zero-order valence-electron chi connectivity index (χ0n) is 10.9. The van der Waals surface area contributed by atoms with E-state index in [1.54, 1.807) is 21.0 Å². The van der Waals surface area contributed by atoms with Crippen LogP contribution in [0.1, 0.15) is 13.8 Å². The van der Waals surface area contributed by atoms with E-state index in [-0.39, 0.29) is 12.6 Å². The van der Waals surface area contributed by atoms with Crippen molar-refractivity contribution < 1.29 is 23.8 Å². The van der Waals surface area contributed by atoms with Crippen molar-refractivity contribution in [2.24, 2.45) is 0 Å². The fraction of sp³-hybridized carbons (Fsp3) is 0.818. The molecule has 1 atom stereocenters. The lowest BCUT2D eigenvalue weighted by Crippen LogP contribution is -2.46. The van der Waals surface area contributed by atoms with Gasteiger partial charge in [0.15, 0.2) is 0 Å². The molecule has 1 unspecified atom stereocenters. The molecule has 0 rings (SSSR count). The first kappa shape index (κ1) is 15.9. The van der Waals surface area contributed by atoms with Crippen molar-refractivity contribution in [2.75, 3.05) is 40.6 Å². The fourth-order valence-corrected chi connectivity index (χ4v) is 1.35. The summed E-state index contributed by atoms with van der Waals surface area (Å²) in [7, 11) is 3.08. The number of carbonyl (C=O) groups excluding carboxylic acids is 2. The summed E-state index contributed by atoms with van der Waals surface area (Å²) in [5, 5.41) is 0. The largest absolute Gasteiger partial charge is 0.459 e. The molecule has 0 saturated carbocycles. The van der Waals surface area contributed by atoms with Gasteiger partial charge in [-0.15, -0.1) is 0 Å². The Bertz CT molecular complexity index is 244. The highest BCUT2D eigenvalue weighted by Crippen LogP contribution is 2.02. The summed E-state index contributed by atoms with van der Waals surface area (Å²) in [5.74, 6) is -1.50. The van der Waals surface area contributed by atoms with Crippen LogP contribution in [0.15, 0.2) is 0 Å². The first-order valence-electron chi connectivity index (χ1n) is 5.54. The molecule has 100 valence electrons. The van der Waals surface area contributed by atoms with Crippen LogP contribution in [0.4, 0.5) is 0 Å². The Morgan fingerprint density at radius 1 is 1.24 bits per heavy atom. The molecule has 0 aliphatic rings. The average molecular weight is 247 g/mol. The lowest BCUT2D eigenvalue weighted by molar-refractivity contribution is -0.161. The second kappa shape index (κ2) is 8.95. The number of hydrogen-bond acceptors (Lipinski definition) is 5. The maximum absolute atomic E-state index is 11.8. The quantitative estimate of drug-likeness (QED) is 0.470. The molecule has 0 aromatic rings. The van der Waals surface area contributed by atoms with Crippen molar-refractivity contribution in [3.05, 3.63) is 0 Å². The maximum Gasteiger partial charge on any atom is 0.397 e. The summed E-state index contributed by atoms with van der Waals surface area (Å²) in [6.07, 6.45) is 0. The second-order valence-corrected chi connectivity index (χ2v) is 3.52. The van der Waals surface area contributed by atoms with E-state index in [1.165, 1.54) is 12.0 Å². The first-order chi connectivity index (χ1) is 8.08. The van der Waals surface area contributed by atoms with Gasteiger partial charge in [-0.05, 0) is 13.8 Å². The molecule has 1 amide bonds. The van der Waals surface area contributed by atoms with Gasteiger partial charge < -0.3 is 19.1 Å². The zero-order chi connectivity index (χ0) is 13.3. The molecule has 0 radical (unpaired) electrons. The number of ether oxygens (including phenoxy) is 3. The van der Waals surface area contributed by atoms with Crippen LogP contribution in [0.2, 0.25) is 0 Å². The van der Waals surface area contributed by atoms with Crippen molar-refractivity contribution in [1.29, 1.82) is 0 Å². The highest BCUT2D eigenvalue weighted by molar-refractivity contribution is 6.32. The third kappa shape index (κ3) is 5.65. The first-order valence-corrected chi connectivity index (χ1v) is 5.54. The highest BCUT2D eigenvalue weighted by Gasteiger charge is 2.26. The number of esters is 1. The van der Waals surface area contributed by atoms with Crippen LogP contribution in [0, 0.1) is 0 Å². The molecular weight excluding hydrogens is 226 g/mol. The number of methoxy groups -OCH3 is 2. The van der Waals surface area contributed by atoms with Gasteiger partial charge in [0.05, 0.1) is 25.9 Å². The summed E-state index contributed by atoms with van der Waals surface area (Å²) < 4.78 is 14.6. The second-order valence-electron chi connectivity index (χ2n) is 3.52. The van der Waals surface area contributed by atoms with Crippen molar-refractivity contribution in [1.82, 2.24) is 4.90 Å². The number of amides is 1. The van der Waals surface area contributed by atoms with Crippen molar-refractivity contribution in [3.8, 4) is 0 Å². The molecule has 0 aliphatic heterocycles. The third-order valence-electron chi connectivity index (χ3n) is 2.19. The topological polar surface area (TPSA) is 65.1 Å². The van der Waals surface area contributed by atoms with Gasteiger partial charge in [0, 0.05) is 20.8 Å². The molecule has 0 aliphatic carbocycles. The van der Waals surface area contributed by atoms with E-state index in [2.05, 4.69) is 4.74 Å². The molecule has 0 aromatic heterocycles. The number of carbonyl (C=O) groups is 2. The van der Waals surface area contributed by atoms with E-state index >= 15 is 0 Å². The van der Waals surface area contributed by atoms with Gasteiger partial charge in [-0.2, -0.15) is 0 Å². The van der Waals surface area contributed by atoms with E-state index in [9.17, 15) is 9.59 Å². The monoisotopic (exact) mass is 247 g/mol. The summed E-state index contributed by atoms with van der Waals surface area (Å²) in [5.41, 5.74) is 0. The van der Waals surface area contributed by atoms with E-state index in [4.69, 9.17) is 9.47 Å². The SMILES string of the molecule is CCOC(=O)C(=O)N(CCOC)C(C)COC. The normalized spacial score (nSPS) is 12.0. The van der Waals surface area contributed by atoms with Gasteiger partial charge >= 0.3 is 11.9 Å². The van der Waals surface area contributed by atoms with Crippen LogP contribution >= 0.6 is 0 Å². The predicted molar refractivity (Wildman–Crippen MR) is 61.6 cm³/mol. The Morgan fingerprint density at radius 2 is 1.88 bits per heavy atom. The third-order valence-corrected chi connectivity index (χ3v) is 2.19. The predicted octanol–water partition coefficient (Wildman–Crippen LogP) is 0.0594. The highest BCUT2D eigenvalue weighted by atomic mass is 16.5. The van der Waals surface area contributed by atoms with Crippen LogP contribution in [-0.4, -0.2) is 63.4 Å². The van der Waals surface area contributed by atoms with Crippen LogP contribution in [0.5, 0.6) is 0 Å². The van der Waals surface area contributed by atoms with Crippen LogP contribution in [0.25, 0.3) is 0 Å². The summed E-state index contributed by atoms with van der Waals surface area (Å²) >= 11 is 0. The standard InChI is InChI=1S/C11H21NO5/c1-5-17-11(14)10(13)12(6-7-15-3)9(2)8-16-4/h9H,5-8H2,1-4H3. The number of rotatable bonds is 7. The molecule has 0 heterocycles. The van der Waals surface area contributed by atoms with Crippen LogP contribution < -0.4 is 0 Å². The van der Waals surface area contributed by atoms with Gasteiger partial charge in [-0.1, -0.05) is 0 Å². The molecule has 0 N–H and O–H groups in total. The van der Waals surface area contributed by atoms with Gasteiger partial charge in [0.2, 0.25) is 0 Å². The lowest BCUT2D eigenvalue weighted by atomic mass is 10.3. The molecule has 6 nitrogen and oxygen atoms in total. The Kier molecular flexibility index (Phi) is 8.35. The minimum Gasteiger partial charge on any atom is -0.459 e. The van der Waals surface area contributed by atoms with Crippen LogP contribution in [0.3, 0.4) is 0 Å². The van der Waals surface area contributed by atoms with E-state index in [0.717, 1.165) is 0 Å². The van der Waals surface area contributed by atoms with Gasteiger partial charge in [-0.25, -0.2) is 4.79 Å². The van der Waals surface area contributed by atoms with Crippen molar-refractivity contribution in [3.63, 3.8) is 0 Å². The van der Waals surface area contributed by atoms with Gasteiger partial charge in [0.25, 0.3) is 0 Å². The van der Waals surface area contributed by atoms with Gasteiger partial charge in [-0.3, -0.25) is 4.79 Å².